The van der Waals surface area contributed by atoms with Gasteiger partial charge in [-0.3, -0.25) is 4.79 Å². The number of amides is 1. The lowest BCUT2D eigenvalue weighted by Crippen LogP contribution is -2.41. The number of hydrogen-bond acceptors (Lipinski definition) is 2. The predicted octanol–water partition coefficient (Wildman–Crippen LogP) is 2.14. The molecule has 0 aliphatic rings. The molecule has 0 atom stereocenters. The molecule has 4 heteroatoms. The van der Waals surface area contributed by atoms with Crippen molar-refractivity contribution >= 4 is 14.2 Å². The Labute approximate surface area is 88.4 Å². The summed E-state index contributed by atoms with van der Waals surface area (Å²) in [6, 6.07) is 0. The minimum Gasteiger partial charge on any atom is -0.416 e. The van der Waals surface area contributed by atoms with Crippen LogP contribution in [0.5, 0.6) is 0 Å². The molecule has 3 nitrogen and oxygen atoms in total. The van der Waals surface area contributed by atoms with Crippen LogP contribution < -0.4 is 5.32 Å². The molecule has 0 radical (unpaired) electrons. The highest BCUT2D eigenvalue weighted by Gasteiger charge is 2.36. The number of carbonyl (C=O) groups excluding carboxylic acids is 1. The van der Waals surface area contributed by atoms with Crippen molar-refractivity contribution in [1.82, 2.24) is 5.32 Å². The lowest BCUT2D eigenvalue weighted by atomic mass is 10.2. The first-order valence-corrected chi connectivity index (χ1v) is 7.96. The highest BCUT2D eigenvalue weighted by Crippen LogP contribution is 2.36. The van der Waals surface area contributed by atoms with Gasteiger partial charge in [-0.2, -0.15) is 0 Å². The molecule has 14 heavy (non-hydrogen) atoms. The van der Waals surface area contributed by atoms with Gasteiger partial charge in [-0.1, -0.05) is 20.8 Å². The van der Waals surface area contributed by atoms with Crippen LogP contribution in [0.25, 0.3) is 0 Å². The van der Waals surface area contributed by atoms with Gasteiger partial charge in [-0.05, 0) is 18.1 Å². The standard InChI is InChI=1S/C10H23NO2Si/c1-10(2,3)14(5,6)13-8-7-9(12)11-4/h7-8H2,1-6H3,(H,11,12). The van der Waals surface area contributed by atoms with Crippen molar-refractivity contribution in [3.63, 3.8) is 0 Å². The molecule has 0 aliphatic heterocycles. The molecule has 0 bridgehead atoms. The van der Waals surface area contributed by atoms with E-state index < -0.39 is 8.32 Å². The molecule has 0 unspecified atom stereocenters. The quantitative estimate of drug-likeness (QED) is 0.733. The third-order valence-corrected chi connectivity index (χ3v) is 7.42. The molecule has 1 amide bonds. The molecule has 0 aromatic carbocycles. The predicted molar refractivity (Wildman–Crippen MR) is 61.8 cm³/mol. The van der Waals surface area contributed by atoms with Crippen molar-refractivity contribution in [1.29, 1.82) is 0 Å². The van der Waals surface area contributed by atoms with Crippen LogP contribution in [0, 0.1) is 0 Å². The van der Waals surface area contributed by atoms with E-state index in [1.807, 2.05) is 0 Å². The SMILES string of the molecule is CNC(=O)CCO[Si](C)(C)C(C)(C)C. The van der Waals surface area contributed by atoms with Gasteiger partial charge in [0.1, 0.15) is 0 Å². The molecule has 84 valence electrons. The van der Waals surface area contributed by atoms with E-state index in [2.05, 4.69) is 39.2 Å². The molecule has 0 aromatic rings. The first-order chi connectivity index (χ1) is 6.20. The van der Waals surface area contributed by atoms with Gasteiger partial charge in [0.05, 0.1) is 0 Å². The molecule has 0 saturated carbocycles. The first-order valence-electron chi connectivity index (χ1n) is 5.05. The third-order valence-electron chi connectivity index (χ3n) is 2.88. The highest BCUT2D eigenvalue weighted by atomic mass is 28.4. The summed E-state index contributed by atoms with van der Waals surface area (Å²) in [6.45, 7) is 11.5. The number of rotatable bonds is 4. The average molecular weight is 217 g/mol. The monoisotopic (exact) mass is 217 g/mol. The Morgan fingerprint density at radius 3 is 2.21 bits per heavy atom. The van der Waals surface area contributed by atoms with Crippen molar-refractivity contribution in [2.24, 2.45) is 0 Å². The second kappa shape index (κ2) is 4.93. The van der Waals surface area contributed by atoms with Crippen molar-refractivity contribution in [2.75, 3.05) is 13.7 Å². The molecule has 0 aromatic heterocycles. The molecule has 1 N–H and O–H groups in total. The van der Waals surface area contributed by atoms with E-state index in [9.17, 15) is 4.79 Å². The Morgan fingerprint density at radius 1 is 1.36 bits per heavy atom. The molecular weight excluding hydrogens is 194 g/mol. The van der Waals surface area contributed by atoms with E-state index in [0.717, 1.165) is 0 Å². The summed E-state index contributed by atoms with van der Waals surface area (Å²) in [5.41, 5.74) is 0. The van der Waals surface area contributed by atoms with Crippen LogP contribution >= 0.6 is 0 Å². The van der Waals surface area contributed by atoms with Crippen LogP contribution in [0.3, 0.4) is 0 Å². The Hall–Kier alpha value is -0.353. The van der Waals surface area contributed by atoms with Gasteiger partial charge in [0.25, 0.3) is 0 Å². The van der Waals surface area contributed by atoms with Crippen molar-refractivity contribution in [2.45, 2.75) is 45.3 Å². The zero-order chi connectivity index (χ0) is 11.4. The fourth-order valence-electron chi connectivity index (χ4n) is 0.740. The summed E-state index contributed by atoms with van der Waals surface area (Å²) in [6.07, 6.45) is 0.461. The highest BCUT2D eigenvalue weighted by molar-refractivity contribution is 6.74. The van der Waals surface area contributed by atoms with Gasteiger partial charge in [0.15, 0.2) is 8.32 Å². The summed E-state index contributed by atoms with van der Waals surface area (Å²) in [4.78, 5) is 11.0. The second-order valence-electron chi connectivity index (χ2n) is 5.03. The Balaban J connectivity index is 3.95. The first kappa shape index (κ1) is 13.6. The van der Waals surface area contributed by atoms with Crippen LogP contribution in [-0.4, -0.2) is 27.9 Å². The van der Waals surface area contributed by atoms with Crippen molar-refractivity contribution in [3.05, 3.63) is 0 Å². The van der Waals surface area contributed by atoms with E-state index in [1.165, 1.54) is 0 Å². The second-order valence-corrected chi connectivity index (χ2v) is 9.84. The van der Waals surface area contributed by atoms with E-state index >= 15 is 0 Å². The smallest absolute Gasteiger partial charge is 0.222 e. The molecule has 0 rings (SSSR count). The van der Waals surface area contributed by atoms with Crippen LogP contribution in [0.1, 0.15) is 27.2 Å². The zero-order valence-corrected chi connectivity index (χ0v) is 11.2. The summed E-state index contributed by atoms with van der Waals surface area (Å²) in [5, 5.41) is 2.80. The van der Waals surface area contributed by atoms with Gasteiger partial charge in [0.2, 0.25) is 5.91 Å². The summed E-state index contributed by atoms with van der Waals surface area (Å²) >= 11 is 0. The molecule has 0 aliphatic carbocycles. The summed E-state index contributed by atoms with van der Waals surface area (Å²) in [5.74, 6) is 0.0451. The van der Waals surface area contributed by atoms with E-state index in [-0.39, 0.29) is 10.9 Å². The van der Waals surface area contributed by atoms with Crippen molar-refractivity contribution in [3.8, 4) is 0 Å². The Bertz CT molecular complexity index is 197. The van der Waals surface area contributed by atoms with E-state index in [0.29, 0.717) is 13.0 Å². The topological polar surface area (TPSA) is 38.3 Å². The lowest BCUT2D eigenvalue weighted by Gasteiger charge is -2.36. The maximum Gasteiger partial charge on any atom is 0.222 e. The normalized spacial score (nSPS) is 12.7. The van der Waals surface area contributed by atoms with Gasteiger partial charge < -0.3 is 9.74 Å². The minimum atomic E-state index is -1.66. The summed E-state index contributed by atoms with van der Waals surface area (Å²) < 4.78 is 5.84. The maximum absolute atomic E-state index is 11.0. The van der Waals surface area contributed by atoms with E-state index in [4.69, 9.17) is 4.43 Å². The largest absolute Gasteiger partial charge is 0.416 e. The Kier molecular flexibility index (Phi) is 4.81. The van der Waals surface area contributed by atoms with Crippen LogP contribution in [0.15, 0.2) is 0 Å². The average Bonchev–Trinajstić information content (AvgIpc) is 2.01. The number of hydrogen-bond donors (Lipinski definition) is 1. The fraction of sp³-hybridized carbons (Fsp3) is 0.900. The molecule has 0 heterocycles. The third kappa shape index (κ3) is 4.24. The lowest BCUT2D eigenvalue weighted by molar-refractivity contribution is -0.121. The summed E-state index contributed by atoms with van der Waals surface area (Å²) in [7, 11) is -0.0170. The Morgan fingerprint density at radius 2 is 1.86 bits per heavy atom. The van der Waals surface area contributed by atoms with Gasteiger partial charge in [0, 0.05) is 20.1 Å². The number of carbonyl (C=O) groups is 1. The van der Waals surface area contributed by atoms with Gasteiger partial charge in [-0.25, -0.2) is 0 Å². The molecule has 0 saturated heterocycles. The van der Waals surface area contributed by atoms with E-state index in [1.54, 1.807) is 7.05 Å². The van der Waals surface area contributed by atoms with Crippen LogP contribution in [0.4, 0.5) is 0 Å². The van der Waals surface area contributed by atoms with Gasteiger partial charge >= 0.3 is 0 Å². The van der Waals surface area contributed by atoms with Crippen LogP contribution in [-0.2, 0) is 9.22 Å². The molecule has 0 spiro atoms. The van der Waals surface area contributed by atoms with Crippen LogP contribution in [0.2, 0.25) is 18.1 Å². The van der Waals surface area contributed by atoms with Gasteiger partial charge in [-0.15, -0.1) is 0 Å². The molecule has 0 fully saturated rings. The molecular formula is C10H23NO2Si. The fourth-order valence-corrected chi connectivity index (χ4v) is 1.79. The number of nitrogens with one attached hydrogen (secondary N) is 1. The van der Waals surface area contributed by atoms with Crippen molar-refractivity contribution < 1.29 is 9.22 Å². The minimum absolute atomic E-state index is 0.0451. The maximum atomic E-state index is 11.0. The zero-order valence-electron chi connectivity index (χ0n) is 10.2.